The number of anilines is 1. The van der Waals surface area contributed by atoms with Crippen molar-refractivity contribution in [2.24, 2.45) is 5.92 Å². The molecule has 0 aliphatic carbocycles. The second kappa shape index (κ2) is 9.16. The quantitative estimate of drug-likeness (QED) is 0.616. The number of fused-ring (bicyclic) bond motifs is 1. The van der Waals surface area contributed by atoms with Crippen LogP contribution in [0.3, 0.4) is 0 Å². The Labute approximate surface area is 185 Å². The van der Waals surface area contributed by atoms with Crippen LogP contribution in [0.25, 0.3) is 21.3 Å². The van der Waals surface area contributed by atoms with Gasteiger partial charge in [0.15, 0.2) is 0 Å². The van der Waals surface area contributed by atoms with Gasteiger partial charge in [0.2, 0.25) is 0 Å². The number of hydrogen-bond donors (Lipinski definition) is 1. The first-order valence-corrected chi connectivity index (χ1v) is 11.7. The average Bonchev–Trinajstić information content (AvgIpc) is 3.46. The highest BCUT2D eigenvalue weighted by atomic mass is 35.5. The van der Waals surface area contributed by atoms with Crippen molar-refractivity contribution in [2.75, 3.05) is 51.4 Å². The van der Waals surface area contributed by atoms with Crippen molar-refractivity contribution < 1.29 is 9.47 Å². The number of thiophene rings is 1. The number of nitrogens with zero attached hydrogens (tertiary/aromatic N) is 3. The molecular weight excluding hydrogens is 420 g/mol. The van der Waals surface area contributed by atoms with E-state index in [2.05, 4.69) is 25.6 Å². The van der Waals surface area contributed by atoms with Gasteiger partial charge in [0, 0.05) is 54.2 Å². The van der Waals surface area contributed by atoms with Gasteiger partial charge >= 0.3 is 0 Å². The number of halogens is 1. The molecule has 30 heavy (non-hydrogen) atoms. The Balaban J connectivity index is 1.42. The maximum atomic E-state index is 6.08. The summed E-state index contributed by atoms with van der Waals surface area (Å²) in [5.41, 5.74) is 2.26. The van der Waals surface area contributed by atoms with E-state index in [0.717, 1.165) is 84.7 Å². The van der Waals surface area contributed by atoms with Crippen LogP contribution in [0, 0.1) is 5.92 Å². The largest absolute Gasteiger partial charge is 0.381 e. The maximum Gasteiger partial charge on any atom is 0.138 e. The van der Waals surface area contributed by atoms with Crippen molar-refractivity contribution in [1.29, 1.82) is 0 Å². The molecule has 8 heteroatoms. The lowest BCUT2D eigenvalue weighted by atomic mass is 9.96. The Morgan fingerprint density at radius 1 is 1.13 bits per heavy atom. The highest BCUT2D eigenvalue weighted by molar-refractivity contribution is 7.17. The van der Waals surface area contributed by atoms with Gasteiger partial charge in [0.05, 0.1) is 25.2 Å². The van der Waals surface area contributed by atoms with Crippen molar-refractivity contribution in [3.63, 3.8) is 0 Å². The van der Waals surface area contributed by atoms with Crippen molar-refractivity contribution in [2.45, 2.75) is 12.5 Å². The Morgan fingerprint density at radius 2 is 1.97 bits per heavy atom. The monoisotopic (exact) mass is 444 g/mol. The molecular formula is C22H25ClN4O2S. The van der Waals surface area contributed by atoms with Gasteiger partial charge in [-0.3, -0.25) is 4.90 Å². The summed E-state index contributed by atoms with van der Waals surface area (Å²) >= 11 is 7.73. The van der Waals surface area contributed by atoms with Crippen LogP contribution in [-0.4, -0.2) is 67.0 Å². The number of rotatable bonds is 6. The smallest absolute Gasteiger partial charge is 0.138 e. The van der Waals surface area contributed by atoms with Gasteiger partial charge < -0.3 is 14.8 Å². The Bertz CT molecular complexity index is 984. The molecule has 1 N–H and O–H groups in total. The van der Waals surface area contributed by atoms with Crippen molar-refractivity contribution in [3.05, 3.63) is 41.0 Å². The number of ether oxygens (including phenoxy) is 2. The van der Waals surface area contributed by atoms with Crippen LogP contribution < -0.4 is 5.32 Å². The third kappa shape index (κ3) is 4.18. The molecule has 0 radical (unpaired) electrons. The molecule has 2 aliphatic rings. The topological polar surface area (TPSA) is 59.5 Å². The SMILES string of the molecule is Clc1ccc(-c2csc3ncnc(NC[C@H]([C@@H]4CCOC4)N4CCOCC4)c23)cc1. The number of nitrogens with one attached hydrogen (secondary N) is 1. The van der Waals surface area contributed by atoms with Gasteiger partial charge in [-0.2, -0.15) is 0 Å². The lowest BCUT2D eigenvalue weighted by molar-refractivity contribution is 0.00460. The highest BCUT2D eigenvalue weighted by Gasteiger charge is 2.31. The van der Waals surface area contributed by atoms with Crippen LogP contribution in [0.15, 0.2) is 36.0 Å². The maximum absolute atomic E-state index is 6.08. The zero-order valence-corrected chi connectivity index (χ0v) is 18.3. The summed E-state index contributed by atoms with van der Waals surface area (Å²) in [4.78, 5) is 12.6. The first-order chi connectivity index (χ1) is 14.8. The molecule has 2 atom stereocenters. The molecule has 5 rings (SSSR count). The number of aromatic nitrogens is 2. The van der Waals surface area contributed by atoms with Crippen molar-refractivity contribution in [1.82, 2.24) is 14.9 Å². The fraction of sp³-hybridized carbons (Fsp3) is 0.455. The van der Waals surface area contributed by atoms with Crippen LogP contribution in [0.1, 0.15) is 6.42 Å². The Hall–Kier alpha value is -1.77. The molecule has 4 heterocycles. The number of benzene rings is 1. The average molecular weight is 445 g/mol. The minimum atomic E-state index is 0.402. The predicted octanol–water partition coefficient (Wildman–Crippen LogP) is 4.16. The lowest BCUT2D eigenvalue weighted by Gasteiger charge is -2.37. The molecule has 158 valence electrons. The minimum Gasteiger partial charge on any atom is -0.381 e. The van der Waals surface area contributed by atoms with E-state index in [1.807, 2.05) is 24.3 Å². The van der Waals surface area contributed by atoms with Gasteiger partial charge in [-0.15, -0.1) is 11.3 Å². The van der Waals surface area contributed by atoms with Crippen molar-refractivity contribution in [3.8, 4) is 11.1 Å². The normalized spacial score (nSPS) is 21.2. The van der Waals surface area contributed by atoms with Crippen LogP contribution >= 0.6 is 22.9 Å². The molecule has 0 unspecified atom stereocenters. The first kappa shape index (κ1) is 20.2. The van der Waals surface area contributed by atoms with Crippen molar-refractivity contribution >= 4 is 39.0 Å². The summed E-state index contributed by atoms with van der Waals surface area (Å²) in [6.45, 7) is 6.05. The molecule has 0 bridgehead atoms. The van der Waals surface area contributed by atoms with E-state index >= 15 is 0 Å². The summed E-state index contributed by atoms with van der Waals surface area (Å²) in [5.74, 6) is 1.43. The van der Waals surface area contributed by atoms with E-state index in [1.54, 1.807) is 17.7 Å². The molecule has 2 aliphatic heterocycles. The molecule has 3 aromatic rings. The second-order valence-corrected chi connectivity index (χ2v) is 9.07. The summed E-state index contributed by atoms with van der Waals surface area (Å²) in [6, 6.07) is 8.34. The fourth-order valence-corrected chi connectivity index (χ4v) is 5.45. The van der Waals surface area contributed by atoms with Crippen LogP contribution in [-0.2, 0) is 9.47 Å². The summed E-state index contributed by atoms with van der Waals surface area (Å²) < 4.78 is 11.3. The molecule has 2 aromatic heterocycles. The number of hydrogen-bond acceptors (Lipinski definition) is 7. The van der Waals surface area contributed by atoms with E-state index in [-0.39, 0.29) is 0 Å². The Morgan fingerprint density at radius 3 is 2.73 bits per heavy atom. The molecule has 6 nitrogen and oxygen atoms in total. The van der Waals surface area contributed by atoms with Crippen LogP contribution in [0.5, 0.6) is 0 Å². The first-order valence-electron chi connectivity index (χ1n) is 10.4. The predicted molar refractivity (Wildman–Crippen MR) is 121 cm³/mol. The zero-order chi connectivity index (χ0) is 20.3. The highest BCUT2D eigenvalue weighted by Crippen LogP contribution is 2.37. The fourth-order valence-electron chi connectivity index (χ4n) is 4.41. The van der Waals surface area contributed by atoms with Gasteiger partial charge in [-0.25, -0.2) is 9.97 Å². The van der Waals surface area contributed by atoms with Gasteiger partial charge in [-0.05, 0) is 24.1 Å². The van der Waals surface area contributed by atoms with E-state index in [9.17, 15) is 0 Å². The number of morpholine rings is 1. The van der Waals surface area contributed by atoms with Gasteiger partial charge in [0.25, 0.3) is 0 Å². The minimum absolute atomic E-state index is 0.402. The van der Waals surface area contributed by atoms with E-state index < -0.39 is 0 Å². The van der Waals surface area contributed by atoms with E-state index in [4.69, 9.17) is 21.1 Å². The standard InChI is InChI=1S/C22H25ClN4O2S/c23-17-3-1-15(2-4-17)18-13-30-22-20(18)21(25-14-26-22)24-11-19(16-5-8-29-12-16)27-6-9-28-10-7-27/h1-4,13-14,16,19H,5-12H2,(H,24,25,26)/t16-,19-/m1/s1. The lowest BCUT2D eigenvalue weighted by Crippen LogP contribution is -2.50. The van der Waals surface area contributed by atoms with Crippen LogP contribution in [0.4, 0.5) is 5.82 Å². The summed E-state index contributed by atoms with van der Waals surface area (Å²) in [5, 5.41) is 7.63. The molecule has 0 amide bonds. The molecule has 0 saturated carbocycles. The van der Waals surface area contributed by atoms with E-state index in [1.165, 1.54) is 0 Å². The third-order valence-electron chi connectivity index (χ3n) is 6.03. The molecule has 2 fully saturated rings. The zero-order valence-electron chi connectivity index (χ0n) is 16.7. The Kier molecular flexibility index (Phi) is 6.15. The second-order valence-electron chi connectivity index (χ2n) is 7.78. The molecule has 1 aromatic carbocycles. The molecule has 0 spiro atoms. The summed E-state index contributed by atoms with van der Waals surface area (Å²) in [6.07, 6.45) is 2.76. The van der Waals surface area contributed by atoms with Crippen LogP contribution in [0.2, 0.25) is 5.02 Å². The van der Waals surface area contributed by atoms with E-state index in [0.29, 0.717) is 12.0 Å². The van der Waals surface area contributed by atoms with Gasteiger partial charge in [-0.1, -0.05) is 23.7 Å². The van der Waals surface area contributed by atoms with Gasteiger partial charge in [0.1, 0.15) is 17.0 Å². The molecule has 2 saturated heterocycles. The summed E-state index contributed by atoms with van der Waals surface area (Å²) in [7, 11) is 0. The third-order valence-corrected chi connectivity index (χ3v) is 7.17.